The van der Waals surface area contributed by atoms with Gasteiger partial charge in [0.2, 0.25) is 0 Å². The number of hydrogen-bond donors (Lipinski definition) is 0. The van der Waals surface area contributed by atoms with Gasteiger partial charge in [-0.1, -0.05) is 90.1 Å². The molecule has 0 saturated heterocycles. The largest absolute Gasteiger partial charge is 0.806 e. The summed E-state index contributed by atoms with van der Waals surface area (Å²) in [6.07, 6.45) is -0.567. The predicted molar refractivity (Wildman–Crippen MR) is 248 cm³/mol. The smallest absolute Gasteiger partial charge is 0.405 e. The van der Waals surface area contributed by atoms with E-state index >= 15 is 22.4 Å². The fraction of sp³-hybridized carbons (Fsp3) is 0.490. The van der Waals surface area contributed by atoms with E-state index in [1.165, 1.54) is 71.9 Å². The summed E-state index contributed by atoms with van der Waals surface area (Å²) in [6, 6.07) is 17.9. The Morgan fingerprint density at radius 1 is 0.582 bits per heavy atom. The minimum Gasteiger partial charge on any atom is -0.806 e. The summed E-state index contributed by atoms with van der Waals surface area (Å²) < 4.78 is 117. The molecule has 1 atom stereocenters. The number of halogens is 5. The van der Waals surface area contributed by atoms with Gasteiger partial charge in [-0.25, -0.2) is 4.39 Å². The molecule has 0 aliphatic heterocycles. The van der Waals surface area contributed by atoms with Crippen molar-refractivity contribution in [3.05, 3.63) is 141 Å². The van der Waals surface area contributed by atoms with Crippen molar-refractivity contribution in [3.63, 3.8) is 0 Å². The Morgan fingerprint density at radius 3 is 1.45 bits per heavy atom. The van der Waals surface area contributed by atoms with Gasteiger partial charge in [-0.05, 0) is 143 Å². The number of amides is 1. The molecule has 1 unspecified atom stereocenters. The van der Waals surface area contributed by atoms with Gasteiger partial charge in [-0.2, -0.15) is 17.6 Å². The van der Waals surface area contributed by atoms with Crippen LogP contribution in [0.3, 0.4) is 0 Å². The first-order valence-corrected chi connectivity index (χ1v) is 25.2. The summed E-state index contributed by atoms with van der Waals surface area (Å²) in [5.41, 5.74) is -16.0. The summed E-state index contributed by atoms with van der Waals surface area (Å²) in [5, 5.41) is 0. The van der Waals surface area contributed by atoms with Crippen LogP contribution in [0.4, 0.5) is 22.0 Å². The Balaban J connectivity index is 2.15. The molecule has 1 amide bonds. The van der Waals surface area contributed by atoms with Gasteiger partial charge in [0, 0.05) is 42.9 Å². The highest BCUT2D eigenvalue weighted by molar-refractivity contribution is 7.54. The van der Waals surface area contributed by atoms with Gasteiger partial charge in [0.15, 0.2) is 5.78 Å². The number of Topliss-reactive ketones (excluding diaryl/α,β-unsaturated/α-hetero) is 1. The Labute approximate surface area is 392 Å². The predicted octanol–water partition coefficient (Wildman–Crippen LogP) is 12.3. The van der Waals surface area contributed by atoms with E-state index in [9.17, 15) is 28.1 Å². The van der Waals surface area contributed by atoms with Crippen molar-refractivity contribution in [2.45, 2.75) is 149 Å². The maximum Gasteiger partial charge on any atom is 0.405 e. The van der Waals surface area contributed by atoms with Crippen molar-refractivity contribution in [1.82, 2.24) is 4.90 Å². The summed E-state index contributed by atoms with van der Waals surface area (Å²) in [5.74, 6) is -1.53. The molecule has 67 heavy (non-hydrogen) atoms. The quantitative estimate of drug-likeness (QED) is 0.0615. The normalized spacial score (nSPS) is 14.5. The third kappa shape index (κ3) is 12.2. The third-order valence-electron chi connectivity index (χ3n) is 11.2. The van der Waals surface area contributed by atoms with Crippen LogP contribution in [0.15, 0.2) is 84.9 Å². The zero-order chi connectivity index (χ0) is 51.1. The Hall–Kier alpha value is -4.03. The number of nitrogens with zero attached hydrogens (tertiary/aromatic N) is 1. The molecular weight excluding hydrogens is 911 g/mol. The maximum absolute atomic E-state index is 16.6. The first-order chi connectivity index (χ1) is 30.3. The molecule has 4 rings (SSSR count). The molecule has 9 nitrogen and oxygen atoms in total. The van der Waals surface area contributed by atoms with Gasteiger partial charge in [0.05, 0.1) is 16.6 Å². The van der Waals surface area contributed by atoms with Crippen LogP contribution in [0, 0.1) is 5.82 Å². The van der Waals surface area contributed by atoms with Crippen LogP contribution in [0.5, 0.6) is 0 Å². The zero-order valence-corrected chi connectivity index (χ0v) is 42.7. The average Bonchev–Trinajstić information content (AvgIpc) is 3.18. The SMILES string of the molecule is CCN(CC)C(=O)c1ccc(C(Cc2ccc(C(F)(F)P(=O)(OC(C)(C)C)OC(C)(C)C)cc2)(Cc2ccc(C(F)(F)P(=O)([O-])[O-])c(C(C)(C)C)c2C(C)(C)C)C(=O)c2ccc(F)cc2)cc1. The number of rotatable bonds is 16. The second kappa shape index (κ2) is 19.4. The van der Waals surface area contributed by atoms with Gasteiger partial charge in [0.25, 0.3) is 11.6 Å². The lowest BCUT2D eigenvalue weighted by atomic mass is 9.63. The van der Waals surface area contributed by atoms with Crippen molar-refractivity contribution < 1.29 is 59.5 Å². The Kier molecular flexibility index (Phi) is 16.1. The number of carbonyl (C=O) groups is 2. The lowest BCUT2D eigenvalue weighted by molar-refractivity contribution is -0.335. The minimum absolute atomic E-state index is 0.0302. The van der Waals surface area contributed by atoms with Crippen molar-refractivity contribution in [2.75, 3.05) is 13.1 Å². The first-order valence-electron chi connectivity index (χ1n) is 22.1. The van der Waals surface area contributed by atoms with Crippen LogP contribution >= 0.6 is 15.2 Å². The van der Waals surface area contributed by atoms with Crippen LogP contribution in [-0.4, -0.2) is 40.9 Å². The molecular formula is C51H64F5NO8P2-2. The van der Waals surface area contributed by atoms with E-state index in [0.717, 1.165) is 30.3 Å². The van der Waals surface area contributed by atoms with E-state index in [4.69, 9.17) is 9.05 Å². The Morgan fingerprint density at radius 2 is 1.03 bits per heavy atom. The highest BCUT2D eigenvalue weighted by Gasteiger charge is 2.58. The number of alkyl halides is 4. The molecule has 0 N–H and O–H groups in total. The third-order valence-corrected chi connectivity index (χ3v) is 14.6. The maximum atomic E-state index is 16.6. The summed E-state index contributed by atoms with van der Waals surface area (Å²) in [4.78, 5) is 55.2. The highest BCUT2D eigenvalue weighted by atomic mass is 31.2. The molecule has 0 aliphatic rings. The van der Waals surface area contributed by atoms with Gasteiger partial charge >= 0.3 is 13.3 Å². The summed E-state index contributed by atoms with van der Waals surface area (Å²) in [7, 11) is -11.8. The summed E-state index contributed by atoms with van der Waals surface area (Å²) in [6.45, 7) is 23.2. The van der Waals surface area contributed by atoms with E-state index in [0.29, 0.717) is 29.8 Å². The molecule has 0 aromatic heterocycles. The second-order valence-electron chi connectivity index (χ2n) is 21.0. The standard InChI is InChI=1S/C51H66F5NO8P2/c1-15-57(16-2)44(59)35-19-26-37(27-20-35)49(43(58)34-21-28-39(52)29-22-34,31-33-17-24-38(25-18-33)50(53,54)67(63,64-47(9,10)11)65-48(12,13)14)32-36-23-30-40(51(55,56)66(60,61)62)42(46(6,7)8)41(36)45(3,4)5/h17-30H,15-16,31-32H2,1-14H3,(H2,60,61,62)/p-2. The molecule has 4 aromatic carbocycles. The van der Waals surface area contributed by atoms with Crippen LogP contribution in [0.2, 0.25) is 0 Å². The van der Waals surface area contributed by atoms with Gasteiger partial charge in [0.1, 0.15) is 5.82 Å². The lowest BCUT2D eigenvalue weighted by Crippen LogP contribution is -2.42. The van der Waals surface area contributed by atoms with Crippen LogP contribution < -0.4 is 9.79 Å². The fourth-order valence-corrected chi connectivity index (χ4v) is 11.1. The molecule has 4 aromatic rings. The fourth-order valence-electron chi connectivity index (χ4n) is 8.40. The number of hydrogen-bond acceptors (Lipinski definition) is 8. The van der Waals surface area contributed by atoms with Crippen molar-refractivity contribution >= 4 is 26.9 Å². The number of ketones is 1. The van der Waals surface area contributed by atoms with E-state index in [1.54, 1.807) is 70.7 Å². The molecule has 0 saturated carbocycles. The number of benzene rings is 4. The van der Waals surface area contributed by atoms with Gasteiger partial charge in [-0.3, -0.25) is 23.2 Å². The second-order valence-corrected chi connectivity index (χ2v) is 24.5. The average molecular weight is 976 g/mol. The van der Waals surface area contributed by atoms with E-state index in [1.807, 2.05) is 13.8 Å². The molecule has 0 spiro atoms. The minimum atomic E-state index is -6.58. The van der Waals surface area contributed by atoms with Crippen molar-refractivity contribution in [3.8, 4) is 0 Å². The van der Waals surface area contributed by atoms with E-state index in [-0.39, 0.29) is 41.0 Å². The van der Waals surface area contributed by atoms with Crippen molar-refractivity contribution in [1.29, 1.82) is 0 Å². The van der Waals surface area contributed by atoms with E-state index in [2.05, 4.69) is 0 Å². The van der Waals surface area contributed by atoms with Crippen LogP contribution in [0.25, 0.3) is 0 Å². The number of carbonyl (C=O) groups excluding carboxylic acids is 2. The summed E-state index contributed by atoms with van der Waals surface area (Å²) >= 11 is 0. The van der Waals surface area contributed by atoms with Crippen LogP contribution in [-0.2, 0) is 58.6 Å². The molecule has 0 fully saturated rings. The zero-order valence-electron chi connectivity index (χ0n) is 40.9. The Bertz CT molecular complexity index is 2490. The first kappa shape index (κ1) is 55.6. The molecule has 0 bridgehead atoms. The van der Waals surface area contributed by atoms with Crippen LogP contribution in [0.1, 0.15) is 157 Å². The molecule has 368 valence electrons. The molecule has 0 aliphatic carbocycles. The monoisotopic (exact) mass is 975 g/mol. The lowest BCUT2D eigenvalue weighted by Gasteiger charge is -2.43. The topological polar surface area (TPSA) is 136 Å². The molecule has 16 heteroatoms. The van der Waals surface area contributed by atoms with Gasteiger partial charge < -0.3 is 19.3 Å². The highest BCUT2D eigenvalue weighted by Crippen LogP contribution is 2.70. The van der Waals surface area contributed by atoms with Crippen molar-refractivity contribution in [2.24, 2.45) is 0 Å². The molecule has 0 radical (unpaired) electrons. The van der Waals surface area contributed by atoms with E-state index < -0.39 is 76.7 Å². The van der Waals surface area contributed by atoms with Gasteiger partial charge in [-0.15, -0.1) is 0 Å². The molecule has 0 heterocycles.